The van der Waals surface area contributed by atoms with Crippen LogP contribution in [-0.4, -0.2) is 29.4 Å². The van der Waals surface area contributed by atoms with Crippen LogP contribution in [0.2, 0.25) is 0 Å². The van der Waals surface area contributed by atoms with E-state index in [1.54, 1.807) is 12.1 Å². The van der Waals surface area contributed by atoms with Crippen molar-refractivity contribution < 1.29 is 4.79 Å². The number of fused-ring (bicyclic) bond motifs is 1. The molecule has 5 nitrogen and oxygen atoms in total. The molecule has 1 N–H and O–H groups in total. The summed E-state index contributed by atoms with van der Waals surface area (Å²) in [7, 11) is 3.94. The molecule has 0 atom stereocenters. The van der Waals surface area contributed by atoms with E-state index in [9.17, 15) is 4.79 Å². The average molecular weight is 356 g/mol. The lowest BCUT2D eigenvalue weighted by Gasteiger charge is -2.14. The van der Waals surface area contributed by atoms with Crippen molar-refractivity contribution in [2.75, 3.05) is 24.3 Å². The van der Waals surface area contributed by atoms with Crippen LogP contribution < -0.4 is 10.2 Å². The van der Waals surface area contributed by atoms with Gasteiger partial charge >= 0.3 is 0 Å². The second-order valence-corrected chi connectivity index (χ2v) is 6.57. The Morgan fingerprint density at radius 2 is 1.81 bits per heavy atom. The number of rotatable bonds is 4. The minimum atomic E-state index is -0.155. The zero-order chi connectivity index (χ0) is 18.8. The van der Waals surface area contributed by atoms with E-state index in [1.165, 1.54) is 0 Å². The highest BCUT2D eigenvalue weighted by molar-refractivity contribution is 6.05. The fourth-order valence-corrected chi connectivity index (χ4v) is 2.94. The van der Waals surface area contributed by atoms with E-state index in [4.69, 9.17) is 0 Å². The topological polar surface area (TPSA) is 49.6 Å². The largest absolute Gasteiger partial charge is 0.378 e. The summed E-state index contributed by atoms with van der Waals surface area (Å²) in [6.07, 6.45) is 3.83. The number of nitrogens with one attached hydrogen (secondary N) is 1. The van der Waals surface area contributed by atoms with E-state index >= 15 is 0 Å². The number of hydrogen-bond donors (Lipinski definition) is 1. The Hall–Kier alpha value is -3.60. The van der Waals surface area contributed by atoms with Crippen molar-refractivity contribution in [2.45, 2.75) is 0 Å². The number of carbonyl (C=O) groups is 1. The van der Waals surface area contributed by atoms with Crippen LogP contribution in [0.25, 0.3) is 16.9 Å². The van der Waals surface area contributed by atoms with Gasteiger partial charge in [0.15, 0.2) is 0 Å². The van der Waals surface area contributed by atoms with Crippen LogP contribution in [0.1, 0.15) is 10.4 Å². The Morgan fingerprint density at radius 1 is 1.00 bits per heavy atom. The van der Waals surface area contributed by atoms with Crippen LogP contribution in [0.15, 0.2) is 79.1 Å². The predicted octanol–water partition coefficient (Wildman–Crippen LogP) is 4.32. The van der Waals surface area contributed by atoms with Gasteiger partial charge < -0.3 is 14.6 Å². The Balaban J connectivity index is 1.60. The summed E-state index contributed by atoms with van der Waals surface area (Å²) >= 11 is 0. The Labute approximate surface area is 157 Å². The number of hydrogen-bond acceptors (Lipinski definition) is 3. The summed E-state index contributed by atoms with van der Waals surface area (Å²) in [5, 5.41) is 2.95. The van der Waals surface area contributed by atoms with Crippen molar-refractivity contribution in [3.63, 3.8) is 0 Å². The van der Waals surface area contributed by atoms with Gasteiger partial charge in [0.25, 0.3) is 5.91 Å². The van der Waals surface area contributed by atoms with Gasteiger partial charge in [-0.3, -0.25) is 4.79 Å². The smallest absolute Gasteiger partial charge is 0.255 e. The summed E-state index contributed by atoms with van der Waals surface area (Å²) in [6.45, 7) is 0. The van der Waals surface area contributed by atoms with Crippen LogP contribution in [0.5, 0.6) is 0 Å². The van der Waals surface area contributed by atoms with Crippen LogP contribution in [0, 0.1) is 0 Å². The molecule has 5 heteroatoms. The van der Waals surface area contributed by atoms with Gasteiger partial charge in [0.05, 0.1) is 5.69 Å². The number of benzene rings is 2. The molecule has 2 aromatic carbocycles. The summed E-state index contributed by atoms with van der Waals surface area (Å²) in [4.78, 5) is 19.3. The van der Waals surface area contributed by atoms with E-state index in [0.29, 0.717) is 5.56 Å². The van der Waals surface area contributed by atoms with E-state index in [1.807, 2.05) is 90.4 Å². The van der Waals surface area contributed by atoms with Crippen molar-refractivity contribution in [3.8, 4) is 11.3 Å². The average Bonchev–Trinajstić information content (AvgIpc) is 3.12. The van der Waals surface area contributed by atoms with Crippen LogP contribution in [-0.2, 0) is 0 Å². The van der Waals surface area contributed by atoms with Crippen molar-refractivity contribution in [1.29, 1.82) is 0 Å². The fraction of sp³-hybridized carbons (Fsp3) is 0.0909. The molecular formula is C22H20N4O. The molecule has 0 fully saturated rings. The van der Waals surface area contributed by atoms with Gasteiger partial charge in [-0.1, -0.05) is 36.4 Å². The first-order chi connectivity index (χ1) is 13.1. The summed E-state index contributed by atoms with van der Waals surface area (Å²) in [5.41, 5.74) is 5.04. The number of aromatic nitrogens is 2. The number of amides is 1. The Morgan fingerprint density at radius 3 is 2.59 bits per heavy atom. The van der Waals surface area contributed by atoms with E-state index in [2.05, 4.69) is 10.3 Å². The first kappa shape index (κ1) is 16.8. The summed E-state index contributed by atoms with van der Waals surface area (Å²) in [6, 6.07) is 21.3. The van der Waals surface area contributed by atoms with Gasteiger partial charge in [-0.25, -0.2) is 4.98 Å². The van der Waals surface area contributed by atoms with Gasteiger partial charge in [0.1, 0.15) is 5.65 Å². The van der Waals surface area contributed by atoms with Crippen LogP contribution >= 0.6 is 0 Å². The highest BCUT2D eigenvalue weighted by Gasteiger charge is 2.10. The molecule has 0 saturated heterocycles. The molecule has 0 spiro atoms. The molecule has 1 amide bonds. The number of pyridine rings is 1. The Bertz CT molecular complexity index is 1100. The lowest BCUT2D eigenvalue weighted by atomic mass is 10.2. The highest BCUT2D eigenvalue weighted by Crippen LogP contribution is 2.21. The third kappa shape index (κ3) is 3.53. The number of anilines is 2. The molecule has 0 aliphatic heterocycles. The van der Waals surface area contributed by atoms with Crippen molar-refractivity contribution >= 4 is 22.9 Å². The lowest BCUT2D eigenvalue weighted by molar-refractivity contribution is 0.102. The first-order valence-electron chi connectivity index (χ1n) is 8.73. The molecular weight excluding hydrogens is 336 g/mol. The monoisotopic (exact) mass is 356 g/mol. The molecule has 0 aliphatic rings. The quantitative estimate of drug-likeness (QED) is 0.592. The number of nitrogens with zero attached hydrogens (tertiary/aromatic N) is 3. The standard InChI is InChI=1S/C22H20N4O/c1-25(2)19-10-6-9-18(14-19)23-22(27)17-11-12-26-15-20(24-21(26)13-17)16-7-4-3-5-8-16/h3-15H,1-2H3,(H,23,27). The molecule has 0 saturated carbocycles. The second-order valence-electron chi connectivity index (χ2n) is 6.57. The first-order valence-corrected chi connectivity index (χ1v) is 8.73. The SMILES string of the molecule is CN(C)c1cccc(NC(=O)c2ccn3cc(-c4ccccc4)nc3c2)c1. The van der Waals surface area contributed by atoms with Gasteiger partial charge in [-0.05, 0) is 30.3 Å². The normalized spacial score (nSPS) is 10.7. The summed E-state index contributed by atoms with van der Waals surface area (Å²) < 4.78 is 1.92. The van der Waals surface area contributed by atoms with Crippen molar-refractivity contribution in [3.05, 3.63) is 84.7 Å². The maximum absolute atomic E-state index is 12.7. The van der Waals surface area contributed by atoms with Crippen molar-refractivity contribution in [1.82, 2.24) is 9.38 Å². The zero-order valence-electron chi connectivity index (χ0n) is 15.3. The van der Waals surface area contributed by atoms with Crippen LogP contribution in [0.4, 0.5) is 11.4 Å². The maximum Gasteiger partial charge on any atom is 0.255 e. The van der Waals surface area contributed by atoms with E-state index in [0.717, 1.165) is 28.3 Å². The third-order valence-corrected chi connectivity index (χ3v) is 4.41. The zero-order valence-corrected chi connectivity index (χ0v) is 15.3. The van der Waals surface area contributed by atoms with Crippen molar-refractivity contribution in [2.24, 2.45) is 0 Å². The predicted molar refractivity (Wildman–Crippen MR) is 109 cm³/mol. The molecule has 0 unspecified atom stereocenters. The highest BCUT2D eigenvalue weighted by atomic mass is 16.1. The molecule has 4 rings (SSSR count). The molecule has 4 aromatic rings. The number of carbonyl (C=O) groups excluding carboxylic acids is 1. The molecule has 0 radical (unpaired) electrons. The molecule has 2 heterocycles. The molecule has 27 heavy (non-hydrogen) atoms. The molecule has 134 valence electrons. The van der Waals surface area contributed by atoms with Crippen LogP contribution in [0.3, 0.4) is 0 Å². The molecule has 0 aliphatic carbocycles. The third-order valence-electron chi connectivity index (χ3n) is 4.41. The van der Waals surface area contributed by atoms with Gasteiger partial charge in [0, 0.05) is 49.0 Å². The fourth-order valence-electron chi connectivity index (χ4n) is 2.94. The van der Waals surface area contributed by atoms with Gasteiger partial charge in [-0.15, -0.1) is 0 Å². The van der Waals surface area contributed by atoms with E-state index in [-0.39, 0.29) is 5.91 Å². The minimum absolute atomic E-state index is 0.155. The molecule has 0 bridgehead atoms. The van der Waals surface area contributed by atoms with E-state index < -0.39 is 0 Å². The lowest BCUT2D eigenvalue weighted by Crippen LogP contribution is -2.13. The second kappa shape index (κ2) is 6.96. The van der Waals surface area contributed by atoms with Gasteiger partial charge in [-0.2, -0.15) is 0 Å². The molecule has 2 aromatic heterocycles. The van der Waals surface area contributed by atoms with Gasteiger partial charge in [0.2, 0.25) is 0 Å². The maximum atomic E-state index is 12.7. The minimum Gasteiger partial charge on any atom is -0.378 e. The number of imidazole rings is 1. The Kier molecular flexibility index (Phi) is 4.34. The summed E-state index contributed by atoms with van der Waals surface area (Å²) in [5.74, 6) is -0.155.